The highest BCUT2D eigenvalue weighted by Crippen LogP contribution is 2.29. The van der Waals surface area contributed by atoms with E-state index in [1.165, 1.54) is 0 Å². The lowest BCUT2D eigenvalue weighted by molar-refractivity contribution is -0.275. The van der Waals surface area contributed by atoms with Crippen molar-refractivity contribution in [2.24, 2.45) is 0 Å². The SMILES string of the molecule is COc1c(OC(F)(F)F)cc(CCl)[nH]c1=O. The first kappa shape index (κ1) is 12.7. The number of aromatic amines is 1. The summed E-state index contributed by atoms with van der Waals surface area (Å²) in [6.45, 7) is 0. The van der Waals surface area contributed by atoms with Gasteiger partial charge in [0, 0.05) is 11.8 Å². The molecule has 0 atom stereocenters. The first-order chi connectivity index (χ1) is 7.37. The number of halogens is 4. The molecule has 0 amide bonds. The molecule has 4 nitrogen and oxygen atoms in total. The van der Waals surface area contributed by atoms with Gasteiger partial charge in [0.05, 0.1) is 13.0 Å². The molecule has 8 heteroatoms. The Morgan fingerprint density at radius 1 is 1.50 bits per heavy atom. The number of nitrogens with one attached hydrogen (secondary N) is 1. The Balaban J connectivity index is 3.23. The first-order valence-corrected chi connectivity index (χ1v) is 4.52. The van der Waals surface area contributed by atoms with Crippen LogP contribution in [0.15, 0.2) is 10.9 Å². The predicted molar refractivity (Wildman–Crippen MR) is 49.9 cm³/mol. The largest absolute Gasteiger partial charge is 0.573 e. The van der Waals surface area contributed by atoms with Crippen molar-refractivity contribution >= 4 is 11.6 Å². The zero-order valence-electron chi connectivity index (χ0n) is 8.02. The van der Waals surface area contributed by atoms with E-state index in [9.17, 15) is 18.0 Å². The van der Waals surface area contributed by atoms with Crippen LogP contribution in [0.25, 0.3) is 0 Å². The van der Waals surface area contributed by atoms with E-state index in [4.69, 9.17) is 11.6 Å². The third kappa shape index (κ3) is 3.06. The normalized spacial score (nSPS) is 11.3. The van der Waals surface area contributed by atoms with E-state index < -0.39 is 23.4 Å². The summed E-state index contributed by atoms with van der Waals surface area (Å²) in [7, 11) is 1.06. The summed E-state index contributed by atoms with van der Waals surface area (Å²) < 4.78 is 44.2. The van der Waals surface area contributed by atoms with Gasteiger partial charge in [-0.15, -0.1) is 24.8 Å². The standard InChI is InChI=1S/C8H7ClF3NO3/c1-15-6-5(16-8(10,11)12)2-4(3-9)13-7(6)14/h2H,3H2,1H3,(H,13,14). The molecule has 0 unspecified atom stereocenters. The molecular weight excluding hydrogens is 251 g/mol. The van der Waals surface area contributed by atoms with E-state index in [1.54, 1.807) is 0 Å². The van der Waals surface area contributed by atoms with Crippen LogP contribution in [0.2, 0.25) is 0 Å². The lowest BCUT2D eigenvalue weighted by Crippen LogP contribution is -2.21. The van der Waals surface area contributed by atoms with E-state index in [1.807, 2.05) is 0 Å². The molecule has 0 aromatic carbocycles. The number of rotatable bonds is 3. The summed E-state index contributed by atoms with van der Waals surface area (Å²) in [6, 6.07) is 0.959. The van der Waals surface area contributed by atoms with Crippen molar-refractivity contribution in [3.05, 3.63) is 22.1 Å². The zero-order valence-corrected chi connectivity index (χ0v) is 8.78. The fraction of sp³-hybridized carbons (Fsp3) is 0.375. The molecule has 1 rings (SSSR count). The second kappa shape index (κ2) is 4.65. The van der Waals surface area contributed by atoms with Gasteiger partial charge in [0.25, 0.3) is 5.56 Å². The molecule has 0 radical (unpaired) electrons. The minimum absolute atomic E-state index is 0.103. The van der Waals surface area contributed by atoms with Crippen molar-refractivity contribution in [1.29, 1.82) is 0 Å². The van der Waals surface area contributed by atoms with Crippen LogP contribution in [0.4, 0.5) is 13.2 Å². The van der Waals surface area contributed by atoms with E-state index in [2.05, 4.69) is 14.5 Å². The average Bonchev–Trinajstić information content (AvgIpc) is 2.14. The van der Waals surface area contributed by atoms with Crippen molar-refractivity contribution in [3.8, 4) is 11.5 Å². The van der Waals surface area contributed by atoms with Crippen LogP contribution in [0.5, 0.6) is 11.5 Å². The minimum atomic E-state index is -4.90. The number of aromatic nitrogens is 1. The molecule has 90 valence electrons. The molecule has 0 aliphatic heterocycles. The molecule has 0 bridgehead atoms. The molecule has 1 aromatic rings. The van der Waals surface area contributed by atoms with Crippen LogP contribution in [-0.2, 0) is 5.88 Å². The van der Waals surface area contributed by atoms with E-state index >= 15 is 0 Å². The highest BCUT2D eigenvalue weighted by Gasteiger charge is 2.33. The lowest BCUT2D eigenvalue weighted by Gasteiger charge is -2.12. The van der Waals surface area contributed by atoms with Gasteiger partial charge in [-0.05, 0) is 0 Å². The van der Waals surface area contributed by atoms with Crippen molar-refractivity contribution in [2.75, 3.05) is 7.11 Å². The molecular formula is C8H7ClF3NO3. The van der Waals surface area contributed by atoms with Crippen molar-refractivity contribution in [2.45, 2.75) is 12.2 Å². The van der Waals surface area contributed by atoms with Gasteiger partial charge in [0.1, 0.15) is 0 Å². The molecule has 0 fully saturated rings. The summed E-state index contributed by atoms with van der Waals surface area (Å²) in [5.74, 6) is -1.41. The van der Waals surface area contributed by atoms with Crippen LogP contribution in [0, 0.1) is 0 Å². The molecule has 16 heavy (non-hydrogen) atoms. The van der Waals surface area contributed by atoms with Gasteiger partial charge < -0.3 is 14.5 Å². The number of hydrogen-bond acceptors (Lipinski definition) is 3. The van der Waals surface area contributed by atoms with E-state index in [0.717, 1.165) is 13.2 Å². The third-order valence-corrected chi connectivity index (χ3v) is 1.87. The maximum absolute atomic E-state index is 12.0. The minimum Gasteiger partial charge on any atom is -0.488 e. The quantitative estimate of drug-likeness (QED) is 0.843. The van der Waals surface area contributed by atoms with Crippen molar-refractivity contribution < 1.29 is 22.6 Å². The van der Waals surface area contributed by atoms with Gasteiger partial charge in [-0.3, -0.25) is 4.79 Å². The second-order valence-corrected chi connectivity index (χ2v) is 2.97. The molecule has 0 spiro atoms. The smallest absolute Gasteiger partial charge is 0.488 e. The molecule has 1 heterocycles. The molecule has 0 saturated carbocycles. The Morgan fingerprint density at radius 3 is 2.56 bits per heavy atom. The van der Waals surface area contributed by atoms with Gasteiger partial charge in [0.2, 0.25) is 5.75 Å². The van der Waals surface area contributed by atoms with E-state index in [-0.39, 0.29) is 11.6 Å². The maximum Gasteiger partial charge on any atom is 0.573 e. The van der Waals surface area contributed by atoms with Gasteiger partial charge in [-0.2, -0.15) is 0 Å². The van der Waals surface area contributed by atoms with Crippen LogP contribution in [-0.4, -0.2) is 18.5 Å². The molecule has 0 aliphatic rings. The van der Waals surface area contributed by atoms with Gasteiger partial charge in [-0.1, -0.05) is 0 Å². The fourth-order valence-electron chi connectivity index (χ4n) is 1.04. The average molecular weight is 258 g/mol. The predicted octanol–water partition coefficient (Wildman–Crippen LogP) is 2.02. The Morgan fingerprint density at radius 2 is 2.12 bits per heavy atom. The highest BCUT2D eigenvalue weighted by molar-refractivity contribution is 6.16. The van der Waals surface area contributed by atoms with Gasteiger partial charge in [0.15, 0.2) is 5.75 Å². The molecule has 0 aliphatic carbocycles. The first-order valence-electron chi connectivity index (χ1n) is 3.99. The molecule has 1 aromatic heterocycles. The highest BCUT2D eigenvalue weighted by atomic mass is 35.5. The van der Waals surface area contributed by atoms with Crippen LogP contribution < -0.4 is 15.0 Å². The van der Waals surface area contributed by atoms with Gasteiger partial charge >= 0.3 is 6.36 Å². The third-order valence-electron chi connectivity index (χ3n) is 1.58. The summed E-state index contributed by atoms with van der Waals surface area (Å²) in [4.78, 5) is 13.5. The number of hydrogen-bond donors (Lipinski definition) is 1. The lowest BCUT2D eigenvalue weighted by atomic mass is 10.3. The number of ether oxygens (including phenoxy) is 2. The monoisotopic (exact) mass is 257 g/mol. The Hall–Kier alpha value is -1.37. The Bertz CT molecular complexity index is 430. The number of H-pyrrole nitrogens is 1. The van der Waals surface area contributed by atoms with Crippen molar-refractivity contribution in [3.63, 3.8) is 0 Å². The summed E-state index contributed by atoms with van der Waals surface area (Å²) in [5.41, 5.74) is -0.730. The van der Waals surface area contributed by atoms with E-state index in [0.29, 0.717) is 0 Å². The topological polar surface area (TPSA) is 51.3 Å². The Labute approximate surface area is 92.9 Å². The number of methoxy groups -OCH3 is 1. The zero-order chi connectivity index (χ0) is 12.3. The fourth-order valence-corrected chi connectivity index (χ4v) is 1.18. The van der Waals surface area contributed by atoms with Crippen molar-refractivity contribution in [1.82, 2.24) is 4.98 Å². The number of alkyl halides is 4. The van der Waals surface area contributed by atoms with Gasteiger partial charge in [-0.25, -0.2) is 0 Å². The summed E-state index contributed by atoms with van der Waals surface area (Å²) in [6.07, 6.45) is -4.90. The molecule has 0 saturated heterocycles. The van der Waals surface area contributed by atoms with Crippen LogP contribution in [0.3, 0.4) is 0 Å². The van der Waals surface area contributed by atoms with Crippen LogP contribution in [0.1, 0.15) is 5.69 Å². The summed E-state index contributed by atoms with van der Waals surface area (Å²) in [5, 5.41) is 0. The Kier molecular flexibility index (Phi) is 3.69. The van der Waals surface area contributed by atoms with Crippen LogP contribution >= 0.6 is 11.6 Å². The maximum atomic E-state index is 12.0. The number of pyridine rings is 1. The summed E-state index contributed by atoms with van der Waals surface area (Å²) >= 11 is 5.39. The second-order valence-electron chi connectivity index (χ2n) is 2.70. The molecule has 1 N–H and O–H groups in total.